The average Bonchev–Trinajstić information content (AvgIpc) is 2.65. The molecule has 8 heteroatoms. The van der Waals surface area contributed by atoms with Crippen LogP contribution in [0, 0.1) is 0 Å². The standard InChI is InChI=1S/C9H11F3N2O2S/c1-6(7-3-17-5-13-7)14(2-8(15)16)4-9(10,11)12/h3,5-6H,2,4H2,1H3,(H,15,16). The second kappa shape index (κ2) is 5.46. The molecule has 1 heterocycles. The first-order valence-corrected chi connectivity index (χ1v) is 5.64. The van der Waals surface area contributed by atoms with Crippen LogP contribution in [0.4, 0.5) is 13.2 Å². The van der Waals surface area contributed by atoms with Crippen molar-refractivity contribution < 1.29 is 23.1 Å². The summed E-state index contributed by atoms with van der Waals surface area (Å²) >= 11 is 1.26. The van der Waals surface area contributed by atoms with Crippen molar-refractivity contribution in [3.05, 3.63) is 16.6 Å². The highest BCUT2D eigenvalue weighted by Crippen LogP contribution is 2.24. The molecule has 17 heavy (non-hydrogen) atoms. The predicted molar refractivity (Wildman–Crippen MR) is 55.8 cm³/mol. The number of alkyl halides is 3. The van der Waals surface area contributed by atoms with Crippen LogP contribution in [-0.4, -0.2) is 40.2 Å². The van der Waals surface area contributed by atoms with E-state index in [4.69, 9.17) is 5.11 Å². The molecule has 0 saturated carbocycles. The molecular weight excluding hydrogens is 257 g/mol. The van der Waals surface area contributed by atoms with E-state index in [0.717, 1.165) is 4.90 Å². The van der Waals surface area contributed by atoms with E-state index in [-0.39, 0.29) is 0 Å². The van der Waals surface area contributed by atoms with Gasteiger partial charge in [-0.1, -0.05) is 0 Å². The molecule has 0 bridgehead atoms. The first-order valence-electron chi connectivity index (χ1n) is 4.70. The van der Waals surface area contributed by atoms with Gasteiger partial charge in [0.2, 0.25) is 0 Å². The minimum absolute atomic E-state index is 0.445. The molecule has 1 atom stereocenters. The second-order valence-electron chi connectivity index (χ2n) is 3.50. The maximum absolute atomic E-state index is 12.3. The zero-order valence-electron chi connectivity index (χ0n) is 8.94. The lowest BCUT2D eigenvalue weighted by molar-refractivity contribution is -0.158. The van der Waals surface area contributed by atoms with E-state index < -0.39 is 31.3 Å². The molecule has 0 aliphatic carbocycles. The molecule has 0 radical (unpaired) electrons. The van der Waals surface area contributed by atoms with Crippen molar-refractivity contribution >= 4 is 17.3 Å². The molecule has 0 aromatic carbocycles. The summed E-state index contributed by atoms with van der Waals surface area (Å²) < 4.78 is 36.9. The number of carboxylic acid groups (broad SMARTS) is 1. The van der Waals surface area contributed by atoms with Crippen molar-refractivity contribution in [3.63, 3.8) is 0 Å². The van der Waals surface area contributed by atoms with E-state index in [0.29, 0.717) is 5.69 Å². The largest absolute Gasteiger partial charge is 0.480 e. The topological polar surface area (TPSA) is 53.4 Å². The quantitative estimate of drug-likeness (QED) is 0.889. The Labute approximate surface area is 99.7 Å². The summed E-state index contributed by atoms with van der Waals surface area (Å²) in [4.78, 5) is 15.3. The first kappa shape index (κ1) is 13.9. The third-order valence-electron chi connectivity index (χ3n) is 2.15. The fourth-order valence-corrected chi connectivity index (χ4v) is 1.99. The summed E-state index contributed by atoms with van der Waals surface area (Å²) in [5, 5.41) is 10.2. The van der Waals surface area contributed by atoms with Gasteiger partial charge in [0.05, 0.1) is 30.3 Å². The zero-order chi connectivity index (χ0) is 13.1. The van der Waals surface area contributed by atoms with Gasteiger partial charge in [0.1, 0.15) is 0 Å². The van der Waals surface area contributed by atoms with Crippen molar-refractivity contribution in [2.45, 2.75) is 19.1 Å². The molecule has 0 amide bonds. The van der Waals surface area contributed by atoms with Gasteiger partial charge in [0.15, 0.2) is 0 Å². The number of carbonyl (C=O) groups is 1. The van der Waals surface area contributed by atoms with Crippen LogP contribution in [0.3, 0.4) is 0 Å². The van der Waals surface area contributed by atoms with Crippen molar-refractivity contribution in [2.75, 3.05) is 13.1 Å². The van der Waals surface area contributed by atoms with Crippen LogP contribution < -0.4 is 0 Å². The molecule has 0 fully saturated rings. The van der Waals surface area contributed by atoms with E-state index in [1.807, 2.05) is 0 Å². The van der Waals surface area contributed by atoms with Gasteiger partial charge in [-0.05, 0) is 6.92 Å². The Morgan fingerprint density at radius 1 is 1.65 bits per heavy atom. The Morgan fingerprint density at radius 2 is 2.29 bits per heavy atom. The van der Waals surface area contributed by atoms with Crippen LogP contribution >= 0.6 is 11.3 Å². The van der Waals surface area contributed by atoms with Crippen LogP contribution in [0.2, 0.25) is 0 Å². The van der Waals surface area contributed by atoms with Crippen molar-refractivity contribution in [2.24, 2.45) is 0 Å². The van der Waals surface area contributed by atoms with Crippen LogP contribution in [0.1, 0.15) is 18.7 Å². The fraction of sp³-hybridized carbons (Fsp3) is 0.556. The lowest BCUT2D eigenvalue weighted by Gasteiger charge is -2.27. The zero-order valence-corrected chi connectivity index (χ0v) is 9.75. The van der Waals surface area contributed by atoms with E-state index >= 15 is 0 Å². The van der Waals surface area contributed by atoms with Crippen molar-refractivity contribution in [1.82, 2.24) is 9.88 Å². The number of thiazole rings is 1. The molecule has 1 aromatic heterocycles. The summed E-state index contributed by atoms with van der Waals surface area (Å²) in [5.41, 5.74) is 1.94. The number of rotatable bonds is 5. The fourth-order valence-electron chi connectivity index (χ4n) is 1.35. The van der Waals surface area contributed by atoms with Crippen molar-refractivity contribution in [3.8, 4) is 0 Å². The maximum Gasteiger partial charge on any atom is 0.401 e. The molecular formula is C9H11F3N2O2S. The Balaban J connectivity index is 2.78. The highest BCUT2D eigenvalue weighted by atomic mass is 32.1. The molecule has 4 nitrogen and oxygen atoms in total. The van der Waals surface area contributed by atoms with Crippen LogP contribution in [0.25, 0.3) is 0 Å². The molecule has 0 saturated heterocycles. The SMILES string of the molecule is CC(c1cscn1)N(CC(=O)O)CC(F)(F)F. The molecule has 1 N–H and O–H groups in total. The van der Waals surface area contributed by atoms with E-state index in [2.05, 4.69) is 4.98 Å². The molecule has 96 valence electrons. The maximum atomic E-state index is 12.3. The second-order valence-corrected chi connectivity index (χ2v) is 4.22. The normalized spacial score (nSPS) is 13.9. The van der Waals surface area contributed by atoms with Gasteiger partial charge < -0.3 is 5.11 Å². The lowest BCUT2D eigenvalue weighted by Crippen LogP contribution is -2.39. The summed E-state index contributed by atoms with van der Waals surface area (Å²) in [7, 11) is 0. The molecule has 0 aliphatic rings. The monoisotopic (exact) mass is 268 g/mol. The van der Waals surface area contributed by atoms with E-state index in [1.165, 1.54) is 23.8 Å². The molecule has 0 spiro atoms. The number of aliphatic carboxylic acids is 1. The number of hydrogen-bond acceptors (Lipinski definition) is 4. The molecule has 1 rings (SSSR count). The molecule has 0 aliphatic heterocycles. The number of hydrogen-bond donors (Lipinski definition) is 1. The van der Waals surface area contributed by atoms with Crippen LogP contribution in [0.5, 0.6) is 0 Å². The van der Waals surface area contributed by atoms with Crippen LogP contribution in [-0.2, 0) is 4.79 Å². The molecule has 1 unspecified atom stereocenters. The van der Waals surface area contributed by atoms with Gasteiger partial charge in [0.25, 0.3) is 0 Å². The van der Waals surface area contributed by atoms with Crippen molar-refractivity contribution in [1.29, 1.82) is 0 Å². The van der Waals surface area contributed by atoms with Gasteiger partial charge in [-0.3, -0.25) is 9.69 Å². The summed E-state index contributed by atoms with van der Waals surface area (Å²) in [6, 6.07) is -0.682. The number of nitrogens with zero attached hydrogens (tertiary/aromatic N) is 2. The van der Waals surface area contributed by atoms with E-state index in [1.54, 1.807) is 5.38 Å². The van der Waals surface area contributed by atoms with Gasteiger partial charge >= 0.3 is 12.1 Å². The highest BCUT2D eigenvalue weighted by Gasteiger charge is 2.34. The summed E-state index contributed by atoms with van der Waals surface area (Å²) in [6.45, 7) is -0.431. The number of halogens is 3. The molecule has 1 aromatic rings. The Bertz CT molecular complexity index is 367. The Morgan fingerprint density at radius 3 is 2.71 bits per heavy atom. The van der Waals surface area contributed by atoms with Gasteiger partial charge in [-0.25, -0.2) is 4.98 Å². The van der Waals surface area contributed by atoms with Gasteiger partial charge in [-0.15, -0.1) is 11.3 Å². The highest BCUT2D eigenvalue weighted by molar-refractivity contribution is 7.07. The van der Waals surface area contributed by atoms with Gasteiger partial charge in [0, 0.05) is 5.38 Å². The number of carboxylic acids is 1. The Kier molecular flexibility index (Phi) is 4.47. The number of aromatic nitrogens is 1. The summed E-state index contributed by atoms with van der Waals surface area (Å²) in [6.07, 6.45) is -4.43. The van der Waals surface area contributed by atoms with E-state index in [9.17, 15) is 18.0 Å². The Hall–Kier alpha value is -1.15. The van der Waals surface area contributed by atoms with Gasteiger partial charge in [-0.2, -0.15) is 13.2 Å². The lowest BCUT2D eigenvalue weighted by atomic mass is 10.2. The third kappa shape index (κ3) is 4.70. The predicted octanol–water partition coefficient (Wildman–Crippen LogP) is 2.15. The summed E-state index contributed by atoms with van der Waals surface area (Å²) in [5.74, 6) is -1.30. The first-order chi connectivity index (χ1) is 7.79. The third-order valence-corrected chi connectivity index (χ3v) is 2.75. The minimum Gasteiger partial charge on any atom is -0.480 e. The smallest absolute Gasteiger partial charge is 0.401 e. The average molecular weight is 268 g/mol. The van der Waals surface area contributed by atoms with Crippen LogP contribution in [0.15, 0.2) is 10.9 Å². The minimum atomic E-state index is -4.43.